The van der Waals surface area contributed by atoms with E-state index in [4.69, 9.17) is 0 Å². The van der Waals surface area contributed by atoms with Crippen molar-refractivity contribution in [3.8, 4) is 0 Å². The molecule has 0 amide bonds. The van der Waals surface area contributed by atoms with E-state index in [-0.39, 0.29) is 6.04 Å². The van der Waals surface area contributed by atoms with Gasteiger partial charge in [0.15, 0.2) is 0 Å². The second kappa shape index (κ2) is 5.38. The van der Waals surface area contributed by atoms with E-state index in [1.807, 2.05) is 24.9 Å². The van der Waals surface area contributed by atoms with E-state index in [1.54, 1.807) is 6.92 Å². The summed E-state index contributed by atoms with van der Waals surface area (Å²) in [6.45, 7) is 9.98. The third-order valence-electron chi connectivity index (χ3n) is 3.48. The number of nitrogens with zero attached hydrogens (tertiary/aromatic N) is 2. The molecule has 1 rings (SSSR count). The molecule has 0 spiro atoms. The molecule has 1 heterocycles. The van der Waals surface area contributed by atoms with Gasteiger partial charge in [0.25, 0.3) is 0 Å². The van der Waals surface area contributed by atoms with Crippen molar-refractivity contribution in [1.29, 1.82) is 0 Å². The maximum absolute atomic E-state index is 11.4. The highest BCUT2D eigenvalue weighted by Gasteiger charge is 2.22. The molecule has 1 aromatic rings. The molecule has 0 aliphatic heterocycles. The molecule has 1 N–H and O–H groups in total. The van der Waals surface area contributed by atoms with Crippen molar-refractivity contribution in [3.63, 3.8) is 0 Å². The molecule has 0 aliphatic rings. The second-order valence-corrected chi connectivity index (χ2v) is 5.14. The Kier molecular flexibility index (Phi) is 4.33. The van der Waals surface area contributed by atoms with Crippen molar-refractivity contribution < 1.29 is 9.90 Å². The van der Waals surface area contributed by atoms with Gasteiger partial charge in [0.1, 0.15) is 5.56 Å². The van der Waals surface area contributed by atoms with Crippen molar-refractivity contribution in [3.05, 3.63) is 23.0 Å². The second-order valence-electron chi connectivity index (χ2n) is 5.14. The number of aromatic carboxylic acids is 1. The van der Waals surface area contributed by atoms with Gasteiger partial charge in [0, 0.05) is 18.8 Å². The number of hydrogen-bond donors (Lipinski definition) is 1. The largest absolute Gasteiger partial charge is 0.478 e. The van der Waals surface area contributed by atoms with Crippen LogP contribution in [0.3, 0.4) is 0 Å². The standard InChI is InChI=1S/C14H22N2O2/c1-8(2)11(5)16(6)12-7-9(3)15-10(4)13(12)14(17)18/h7-8,11H,1-6H3,(H,17,18). The number of carbonyl (C=O) groups is 1. The zero-order valence-corrected chi connectivity index (χ0v) is 12.0. The Morgan fingerprint density at radius 1 is 1.33 bits per heavy atom. The molecular formula is C14H22N2O2. The summed E-state index contributed by atoms with van der Waals surface area (Å²) in [5, 5.41) is 9.34. The lowest BCUT2D eigenvalue weighted by atomic mass is 10.0. The van der Waals surface area contributed by atoms with E-state index in [2.05, 4.69) is 25.8 Å². The number of rotatable bonds is 4. The fourth-order valence-electron chi connectivity index (χ4n) is 2.02. The van der Waals surface area contributed by atoms with Crippen LogP contribution in [0.4, 0.5) is 5.69 Å². The van der Waals surface area contributed by atoms with Gasteiger partial charge in [-0.2, -0.15) is 0 Å². The molecular weight excluding hydrogens is 228 g/mol. The molecule has 0 radical (unpaired) electrons. The summed E-state index contributed by atoms with van der Waals surface area (Å²) in [7, 11) is 1.94. The van der Waals surface area contributed by atoms with Gasteiger partial charge in [0.2, 0.25) is 0 Å². The first-order chi connectivity index (χ1) is 8.25. The van der Waals surface area contributed by atoms with E-state index < -0.39 is 5.97 Å². The molecule has 0 aliphatic carbocycles. The molecule has 0 bridgehead atoms. The number of anilines is 1. The molecule has 0 saturated carbocycles. The van der Waals surface area contributed by atoms with Crippen molar-refractivity contribution in [2.75, 3.05) is 11.9 Å². The van der Waals surface area contributed by atoms with Crippen molar-refractivity contribution in [2.45, 2.75) is 40.7 Å². The molecule has 100 valence electrons. The van der Waals surface area contributed by atoms with Crippen LogP contribution in [0.15, 0.2) is 6.07 Å². The summed E-state index contributed by atoms with van der Waals surface area (Å²) in [6, 6.07) is 2.11. The highest BCUT2D eigenvalue weighted by atomic mass is 16.4. The van der Waals surface area contributed by atoms with Crippen LogP contribution in [-0.2, 0) is 0 Å². The van der Waals surface area contributed by atoms with Gasteiger partial charge < -0.3 is 10.0 Å². The Hall–Kier alpha value is -1.58. The van der Waals surface area contributed by atoms with Crippen molar-refractivity contribution in [2.24, 2.45) is 5.92 Å². The lowest BCUT2D eigenvalue weighted by molar-refractivity contribution is 0.0696. The molecule has 4 nitrogen and oxygen atoms in total. The lowest BCUT2D eigenvalue weighted by Gasteiger charge is -2.31. The van der Waals surface area contributed by atoms with Gasteiger partial charge in [-0.15, -0.1) is 0 Å². The molecule has 0 fully saturated rings. The van der Waals surface area contributed by atoms with Crippen LogP contribution in [0.1, 0.15) is 42.5 Å². The smallest absolute Gasteiger partial charge is 0.339 e. The maximum Gasteiger partial charge on any atom is 0.339 e. The number of aryl methyl sites for hydroxylation is 2. The summed E-state index contributed by atoms with van der Waals surface area (Å²) in [5.74, 6) is -0.469. The van der Waals surface area contributed by atoms with E-state index >= 15 is 0 Å². The number of carboxylic acids is 1. The number of aromatic nitrogens is 1. The third-order valence-corrected chi connectivity index (χ3v) is 3.48. The maximum atomic E-state index is 11.4. The zero-order chi connectivity index (χ0) is 14.0. The lowest BCUT2D eigenvalue weighted by Crippen LogP contribution is -2.34. The minimum Gasteiger partial charge on any atom is -0.478 e. The van der Waals surface area contributed by atoms with Gasteiger partial charge in [-0.3, -0.25) is 4.98 Å². The van der Waals surface area contributed by atoms with Crippen LogP contribution in [0.5, 0.6) is 0 Å². The first-order valence-electron chi connectivity index (χ1n) is 6.20. The van der Waals surface area contributed by atoms with E-state index in [1.165, 1.54) is 0 Å². The van der Waals surface area contributed by atoms with Crippen LogP contribution in [0.2, 0.25) is 0 Å². The predicted molar refractivity (Wildman–Crippen MR) is 73.4 cm³/mol. The fraction of sp³-hybridized carbons (Fsp3) is 0.571. The Labute approximate surface area is 109 Å². The molecule has 1 atom stereocenters. The molecule has 4 heteroatoms. The van der Waals surface area contributed by atoms with Crippen LogP contribution in [0.25, 0.3) is 0 Å². The fourth-order valence-corrected chi connectivity index (χ4v) is 2.02. The highest BCUT2D eigenvalue weighted by molar-refractivity contribution is 5.95. The minimum atomic E-state index is -0.919. The van der Waals surface area contributed by atoms with Crippen LogP contribution in [-0.4, -0.2) is 29.1 Å². The summed E-state index contributed by atoms with van der Waals surface area (Å²) in [5.41, 5.74) is 2.46. The highest BCUT2D eigenvalue weighted by Crippen LogP contribution is 2.26. The van der Waals surface area contributed by atoms with Crippen LogP contribution in [0, 0.1) is 19.8 Å². The Bertz CT molecular complexity index is 455. The zero-order valence-electron chi connectivity index (χ0n) is 12.0. The predicted octanol–water partition coefficient (Wildman–Crippen LogP) is 2.88. The Balaban J connectivity index is 3.34. The van der Waals surface area contributed by atoms with E-state index in [9.17, 15) is 9.90 Å². The SMILES string of the molecule is Cc1cc(N(C)C(C)C(C)C)c(C(=O)O)c(C)n1. The average molecular weight is 250 g/mol. The summed E-state index contributed by atoms with van der Waals surface area (Å²) in [6.07, 6.45) is 0. The summed E-state index contributed by atoms with van der Waals surface area (Å²) < 4.78 is 0. The van der Waals surface area contributed by atoms with Crippen molar-refractivity contribution >= 4 is 11.7 Å². The molecule has 0 saturated heterocycles. The van der Waals surface area contributed by atoms with E-state index in [0.29, 0.717) is 17.2 Å². The molecule has 18 heavy (non-hydrogen) atoms. The third kappa shape index (κ3) is 2.81. The monoisotopic (exact) mass is 250 g/mol. The van der Waals surface area contributed by atoms with Gasteiger partial charge >= 0.3 is 5.97 Å². The molecule has 1 aromatic heterocycles. The van der Waals surface area contributed by atoms with Crippen molar-refractivity contribution in [1.82, 2.24) is 4.98 Å². The first kappa shape index (κ1) is 14.5. The van der Waals surface area contributed by atoms with Gasteiger partial charge in [-0.25, -0.2) is 4.79 Å². The van der Waals surface area contributed by atoms with Gasteiger partial charge in [-0.1, -0.05) is 13.8 Å². The first-order valence-corrected chi connectivity index (χ1v) is 6.20. The molecule has 1 unspecified atom stereocenters. The number of hydrogen-bond acceptors (Lipinski definition) is 3. The van der Waals surface area contributed by atoms with Crippen LogP contribution >= 0.6 is 0 Å². The van der Waals surface area contributed by atoms with Crippen LogP contribution < -0.4 is 4.90 Å². The number of carboxylic acid groups (broad SMARTS) is 1. The van der Waals surface area contributed by atoms with Gasteiger partial charge in [0.05, 0.1) is 11.4 Å². The topological polar surface area (TPSA) is 53.4 Å². The van der Waals surface area contributed by atoms with Gasteiger partial charge in [-0.05, 0) is 32.8 Å². The minimum absolute atomic E-state index is 0.268. The Morgan fingerprint density at radius 3 is 2.33 bits per heavy atom. The molecule has 0 aromatic carbocycles. The average Bonchev–Trinajstić information content (AvgIpc) is 2.24. The summed E-state index contributed by atoms with van der Waals surface area (Å²) in [4.78, 5) is 17.6. The van der Waals surface area contributed by atoms with E-state index in [0.717, 1.165) is 11.4 Å². The normalized spacial score (nSPS) is 12.6. The summed E-state index contributed by atoms with van der Waals surface area (Å²) >= 11 is 0. The number of pyridine rings is 1. The Morgan fingerprint density at radius 2 is 1.89 bits per heavy atom. The quantitative estimate of drug-likeness (QED) is 0.892.